The third-order valence-corrected chi connectivity index (χ3v) is 7.64. The number of primary amides is 1. The zero-order valence-electron chi connectivity index (χ0n) is 24.7. The highest BCUT2D eigenvalue weighted by Crippen LogP contribution is 2.37. The van der Waals surface area contributed by atoms with Crippen LogP contribution in [-0.2, 0) is 19.1 Å². The Kier molecular flexibility index (Phi) is 10.4. The van der Waals surface area contributed by atoms with Crippen LogP contribution in [-0.4, -0.2) is 46.4 Å². The van der Waals surface area contributed by atoms with Crippen molar-refractivity contribution in [2.45, 2.75) is 97.4 Å². The number of benzene rings is 2. The number of hydrogen-bond donors (Lipinski definition) is 3. The van der Waals surface area contributed by atoms with Crippen molar-refractivity contribution in [3.63, 3.8) is 0 Å². The summed E-state index contributed by atoms with van der Waals surface area (Å²) >= 11 is 6.45. The Morgan fingerprint density at radius 1 is 1.05 bits per heavy atom. The lowest BCUT2D eigenvalue weighted by Crippen LogP contribution is -2.57. The third kappa shape index (κ3) is 8.22. The Morgan fingerprint density at radius 3 is 2.24 bits per heavy atom. The number of halogens is 1. The Bertz CT molecular complexity index is 1280. The van der Waals surface area contributed by atoms with Crippen molar-refractivity contribution in [2.24, 2.45) is 5.73 Å². The molecular weight excluding hydrogens is 544 g/mol. The first-order valence-electron chi connectivity index (χ1n) is 13.9. The second-order valence-electron chi connectivity index (χ2n) is 11.6. The van der Waals surface area contributed by atoms with Gasteiger partial charge in [-0.1, -0.05) is 41.9 Å². The minimum Gasteiger partial charge on any atom is -0.444 e. The van der Waals surface area contributed by atoms with Crippen LogP contribution in [0.25, 0.3) is 0 Å². The van der Waals surface area contributed by atoms with Gasteiger partial charge in [-0.25, -0.2) is 4.79 Å². The zero-order valence-corrected chi connectivity index (χ0v) is 25.4. The number of amides is 4. The topological polar surface area (TPSA) is 131 Å². The number of alkyl carbamates (subject to hydrolysis) is 1. The molecule has 4 amide bonds. The number of anilines is 1. The first-order valence-corrected chi connectivity index (χ1v) is 14.3. The van der Waals surface area contributed by atoms with E-state index < -0.39 is 41.5 Å². The van der Waals surface area contributed by atoms with Crippen LogP contribution in [0, 0.1) is 20.8 Å². The van der Waals surface area contributed by atoms with Gasteiger partial charge in [0.25, 0.3) is 5.91 Å². The second-order valence-corrected chi connectivity index (χ2v) is 12.1. The number of nitrogens with zero attached hydrogens (tertiary/aromatic N) is 1. The molecule has 1 saturated carbocycles. The Morgan fingerprint density at radius 2 is 1.68 bits per heavy atom. The van der Waals surface area contributed by atoms with Gasteiger partial charge in [-0.05, 0) is 95.5 Å². The maximum Gasteiger partial charge on any atom is 0.408 e. The van der Waals surface area contributed by atoms with Gasteiger partial charge in [-0.3, -0.25) is 14.4 Å². The molecule has 1 aliphatic rings. The van der Waals surface area contributed by atoms with E-state index in [2.05, 4.69) is 10.6 Å². The van der Waals surface area contributed by atoms with Gasteiger partial charge in [0.1, 0.15) is 17.7 Å². The number of carbonyl (C=O) groups is 4. The van der Waals surface area contributed by atoms with E-state index in [-0.39, 0.29) is 18.9 Å². The molecule has 3 rings (SSSR count). The molecular formula is C31H41ClN4O5. The molecule has 2 aromatic carbocycles. The summed E-state index contributed by atoms with van der Waals surface area (Å²) in [5.74, 6) is -1.53. The molecule has 41 heavy (non-hydrogen) atoms. The van der Waals surface area contributed by atoms with Crippen LogP contribution < -0.4 is 16.4 Å². The largest absolute Gasteiger partial charge is 0.444 e. The lowest BCUT2D eigenvalue weighted by atomic mass is 9.86. The number of hydrogen-bond acceptors (Lipinski definition) is 5. The molecule has 0 spiro atoms. The standard InChI is InChI=1S/C31H41ClN4O5/c1-18-10-7-14-22(20(18)3)27(28(38)35-26-19(2)11-8-15-23(26)32)36(21-12-9-13-21)29(39)24(16-17-25(33)37)34-30(40)41-31(4,5)6/h7-8,10-11,14-15,21,24,27H,9,12-13,16-17H2,1-6H3,(H2,33,37)(H,34,40)(H,35,38). The number of nitrogens with two attached hydrogens (primary N) is 1. The van der Waals surface area contributed by atoms with Gasteiger partial charge in [0.2, 0.25) is 11.8 Å². The normalized spacial score (nSPS) is 14.8. The predicted molar refractivity (Wildman–Crippen MR) is 160 cm³/mol. The summed E-state index contributed by atoms with van der Waals surface area (Å²) in [6.45, 7) is 10.8. The third-order valence-electron chi connectivity index (χ3n) is 7.33. The number of nitrogens with one attached hydrogen (secondary N) is 2. The molecule has 0 bridgehead atoms. The maximum absolute atomic E-state index is 14.4. The van der Waals surface area contributed by atoms with E-state index in [1.165, 1.54) is 0 Å². The molecule has 1 fully saturated rings. The fourth-order valence-corrected chi connectivity index (χ4v) is 5.09. The van der Waals surface area contributed by atoms with Crippen LogP contribution in [0.5, 0.6) is 0 Å². The maximum atomic E-state index is 14.4. The van der Waals surface area contributed by atoms with Gasteiger partial charge < -0.3 is 26.0 Å². The van der Waals surface area contributed by atoms with Crippen LogP contribution >= 0.6 is 11.6 Å². The summed E-state index contributed by atoms with van der Waals surface area (Å²) < 4.78 is 5.41. The fraction of sp³-hybridized carbons (Fsp3) is 0.484. The molecule has 2 atom stereocenters. The van der Waals surface area contributed by atoms with Crippen LogP contribution in [0.3, 0.4) is 0 Å². The minimum absolute atomic E-state index is 0.0403. The molecule has 2 aromatic rings. The molecule has 10 heteroatoms. The Labute approximate surface area is 247 Å². The number of aryl methyl sites for hydroxylation is 2. The van der Waals surface area contributed by atoms with Crippen LogP contribution in [0.1, 0.15) is 81.2 Å². The van der Waals surface area contributed by atoms with Crippen molar-refractivity contribution in [3.05, 3.63) is 63.7 Å². The van der Waals surface area contributed by atoms with E-state index in [0.29, 0.717) is 29.1 Å². The fourth-order valence-electron chi connectivity index (χ4n) is 4.83. The summed E-state index contributed by atoms with van der Waals surface area (Å²) in [5.41, 5.74) is 8.35. The van der Waals surface area contributed by atoms with E-state index in [1.54, 1.807) is 37.8 Å². The molecule has 0 heterocycles. The smallest absolute Gasteiger partial charge is 0.408 e. The van der Waals surface area contributed by atoms with Crippen molar-refractivity contribution in [3.8, 4) is 0 Å². The second kappa shape index (κ2) is 13.4. The van der Waals surface area contributed by atoms with Crippen molar-refractivity contribution in [1.82, 2.24) is 10.2 Å². The van der Waals surface area contributed by atoms with Gasteiger partial charge in [-0.15, -0.1) is 0 Å². The van der Waals surface area contributed by atoms with Crippen molar-refractivity contribution in [1.29, 1.82) is 0 Å². The van der Waals surface area contributed by atoms with Crippen LogP contribution in [0.15, 0.2) is 36.4 Å². The van der Waals surface area contributed by atoms with Gasteiger partial charge in [0, 0.05) is 12.5 Å². The quantitative estimate of drug-likeness (QED) is 0.340. The average molecular weight is 585 g/mol. The number of para-hydroxylation sites is 1. The molecule has 4 N–H and O–H groups in total. The molecule has 222 valence electrons. The Hall–Kier alpha value is -3.59. The number of carbonyl (C=O) groups excluding carboxylic acids is 4. The molecule has 0 aliphatic heterocycles. The zero-order chi connectivity index (χ0) is 30.5. The van der Waals surface area contributed by atoms with Crippen LogP contribution in [0.2, 0.25) is 5.02 Å². The van der Waals surface area contributed by atoms with E-state index in [0.717, 1.165) is 23.1 Å². The lowest BCUT2D eigenvalue weighted by molar-refractivity contribution is -0.146. The van der Waals surface area contributed by atoms with Gasteiger partial charge in [-0.2, -0.15) is 0 Å². The number of rotatable bonds is 10. The minimum atomic E-state index is -1.14. The monoisotopic (exact) mass is 584 g/mol. The summed E-state index contributed by atoms with van der Waals surface area (Å²) in [6.07, 6.45) is 1.31. The Balaban J connectivity index is 2.10. The lowest BCUT2D eigenvalue weighted by Gasteiger charge is -2.44. The van der Waals surface area contributed by atoms with E-state index in [4.69, 9.17) is 22.1 Å². The summed E-state index contributed by atoms with van der Waals surface area (Å²) in [7, 11) is 0. The van der Waals surface area contributed by atoms with E-state index >= 15 is 0 Å². The van der Waals surface area contributed by atoms with Crippen LogP contribution in [0.4, 0.5) is 10.5 Å². The predicted octanol–water partition coefficient (Wildman–Crippen LogP) is 5.48. The van der Waals surface area contributed by atoms with Crippen molar-refractivity contribution >= 4 is 41.1 Å². The van der Waals surface area contributed by atoms with Gasteiger partial charge in [0.15, 0.2) is 0 Å². The first-order chi connectivity index (χ1) is 19.2. The summed E-state index contributed by atoms with van der Waals surface area (Å²) in [5, 5.41) is 5.99. The molecule has 0 saturated heterocycles. The molecule has 2 unspecified atom stereocenters. The highest BCUT2D eigenvalue weighted by atomic mass is 35.5. The highest BCUT2D eigenvalue weighted by molar-refractivity contribution is 6.34. The SMILES string of the molecule is Cc1cccc(C(C(=O)Nc2c(C)cccc2Cl)N(C(=O)C(CCC(N)=O)NC(=O)OC(C)(C)C)C2CCC2)c1C. The van der Waals surface area contributed by atoms with Gasteiger partial charge in [0.05, 0.1) is 10.7 Å². The molecule has 1 aliphatic carbocycles. The van der Waals surface area contributed by atoms with E-state index in [1.807, 2.05) is 45.0 Å². The summed E-state index contributed by atoms with van der Waals surface area (Å²) in [6, 6.07) is 8.55. The van der Waals surface area contributed by atoms with Crippen molar-refractivity contribution < 1.29 is 23.9 Å². The van der Waals surface area contributed by atoms with E-state index in [9.17, 15) is 19.2 Å². The molecule has 9 nitrogen and oxygen atoms in total. The van der Waals surface area contributed by atoms with Crippen molar-refractivity contribution in [2.75, 3.05) is 5.32 Å². The average Bonchev–Trinajstić information content (AvgIpc) is 2.83. The summed E-state index contributed by atoms with van der Waals surface area (Å²) in [4.78, 5) is 54.6. The number of ether oxygens (including phenoxy) is 1. The highest BCUT2D eigenvalue weighted by Gasteiger charge is 2.42. The van der Waals surface area contributed by atoms with Gasteiger partial charge >= 0.3 is 6.09 Å². The molecule has 0 aromatic heterocycles. The first kappa shape index (κ1) is 31.9. The molecule has 0 radical (unpaired) electrons.